The van der Waals surface area contributed by atoms with E-state index in [1.807, 2.05) is 0 Å². The van der Waals surface area contributed by atoms with Crippen molar-refractivity contribution in [2.45, 2.75) is 19.8 Å². The third kappa shape index (κ3) is 4.99. The largest absolute Gasteiger partial charge is 0.573 e. The van der Waals surface area contributed by atoms with Gasteiger partial charge in [-0.1, -0.05) is 12.1 Å². The normalized spacial score (nSPS) is 11.5. The summed E-state index contributed by atoms with van der Waals surface area (Å²) in [4.78, 5) is 4.87. The Labute approximate surface area is 91.1 Å². The second kappa shape index (κ2) is 5.72. The highest BCUT2D eigenvalue weighted by Crippen LogP contribution is 2.23. The first-order valence-corrected chi connectivity index (χ1v) is 4.70. The van der Waals surface area contributed by atoms with Crippen molar-refractivity contribution >= 4 is 0 Å². The molecule has 0 radical (unpaired) electrons. The maximum absolute atomic E-state index is 11.9. The van der Waals surface area contributed by atoms with Gasteiger partial charge in [0, 0.05) is 6.54 Å². The molecule has 0 atom stereocenters. The van der Waals surface area contributed by atoms with E-state index in [0.717, 1.165) is 0 Å². The molecule has 0 aliphatic heterocycles. The first-order valence-electron chi connectivity index (χ1n) is 4.70. The third-order valence-corrected chi connectivity index (χ3v) is 1.65. The monoisotopic (exact) mass is 235 g/mol. The van der Waals surface area contributed by atoms with Gasteiger partial charge in [0.15, 0.2) is 0 Å². The number of rotatable bonds is 5. The fourth-order valence-electron chi connectivity index (χ4n) is 1.09. The molecule has 3 nitrogen and oxygen atoms in total. The highest BCUT2D eigenvalue weighted by Gasteiger charge is 2.31. The van der Waals surface area contributed by atoms with E-state index >= 15 is 0 Å². The predicted molar refractivity (Wildman–Crippen MR) is 51.6 cm³/mol. The molecule has 1 N–H and O–H groups in total. The lowest BCUT2D eigenvalue weighted by atomic mass is 10.2. The molecule has 0 heterocycles. The average molecular weight is 235 g/mol. The lowest BCUT2D eigenvalue weighted by Gasteiger charge is -2.10. The van der Waals surface area contributed by atoms with E-state index in [9.17, 15) is 13.2 Å². The van der Waals surface area contributed by atoms with Crippen LogP contribution in [0.5, 0.6) is 5.75 Å². The molecule has 1 rings (SSSR count). The van der Waals surface area contributed by atoms with Crippen molar-refractivity contribution in [3.63, 3.8) is 0 Å². The zero-order valence-corrected chi connectivity index (χ0v) is 8.67. The van der Waals surface area contributed by atoms with Crippen molar-refractivity contribution < 1.29 is 22.7 Å². The summed E-state index contributed by atoms with van der Waals surface area (Å²) in [5, 5.41) is 0. The van der Waals surface area contributed by atoms with E-state index in [4.69, 9.17) is 4.84 Å². The minimum Gasteiger partial charge on any atom is -0.406 e. The Morgan fingerprint density at radius 1 is 1.31 bits per heavy atom. The minimum absolute atomic E-state index is 0.233. The molecule has 0 bridgehead atoms. The van der Waals surface area contributed by atoms with Crippen LogP contribution >= 0.6 is 0 Å². The van der Waals surface area contributed by atoms with E-state index in [1.165, 1.54) is 18.2 Å². The van der Waals surface area contributed by atoms with Crippen LogP contribution in [-0.2, 0) is 11.4 Å². The van der Waals surface area contributed by atoms with E-state index in [0.29, 0.717) is 18.7 Å². The fraction of sp³-hybridized carbons (Fsp3) is 0.400. The number of benzene rings is 1. The Kier molecular flexibility index (Phi) is 4.57. The molecule has 1 aromatic rings. The summed E-state index contributed by atoms with van der Waals surface area (Å²) in [6, 6.07) is 5.72. The van der Waals surface area contributed by atoms with Crippen LogP contribution in [-0.4, -0.2) is 13.0 Å². The number of hydroxylamine groups is 1. The van der Waals surface area contributed by atoms with Gasteiger partial charge in [-0.05, 0) is 24.6 Å². The van der Waals surface area contributed by atoms with Gasteiger partial charge in [-0.2, -0.15) is 5.48 Å². The Morgan fingerprint density at radius 2 is 2.06 bits per heavy atom. The van der Waals surface area contributed by atoms with Crippen molar-refractivity contribution in [3.05, 3.63) is 29.8 Å². The van der Waals surface area contributed by atoms with Crippen molar-refractivity contribution in [3.8, 4) is 5.75 Å². The Bertz CT molecular complexity index is 328. The van der Waals surface area contributed by atoms with E-state index in [2.05, 4.69) is 10.2 Å². The highest BCUT2D eigenvalue weighted by molar-refractivity contribution is 5.28. The van der Waals surface area contributed by atoms with Gasteiger partial charge in [0.1, 0.15) is 5.75 Å². The van der Waals surface area contributed by atoms with Crippen LogP contribution < -0.4 is 10.2 Å². The predicted octanol–water partition coefficient (Wildman–Crippen LogP) is 2.63. The maximum atomic E-state index is 11.9. The molecule has 0 spiro atoms. The van der Waals surface area contributed by atoms with Gasteiger partial charge in [0.05, 0.1) is 6.61 Å². The van der Waals surface area contributed by atoms with Gasteiger partial charge >= 0.3 is 6.36 Å². The summed E-state index contributed by atoms with van der Waals surface area (Å²) >= 11 is 0. The summed E-state index contributed by atoms with van der Waals surface area (Å²) in [5.41, 5.74) is 3.25. The van der Waals surface area contributed by atoms with Gasteiger partial charge in [-0.3, -0.25) is 0 Å². The lowest BCUT2D eigenvalue weighted by molar-refractivity contribution is -0.274. The molecule has 0 saturated heterocycles. The summed E-state index contributed by atoms with van der Waals surface area (Å²) in [6.07, 6.45) is -4.66. The maximum Gasteiger partial charge on any atom is 0.573 e. The van der Waals surface area contributed by atoms with Gasteiger partial charge in [0.25, 0.3) is 0 Å². The van der Waals surface area contributed by atoms with Crippen LogP contribution in [0.25, 0.3) is 0 Å². The molecule has 1 aromatic carbocycles. The number of halogens is 3. The standard InChI is InChI=1S/C10H12F3NO2/c1-2-15-14-7-8-4-3-5-9(6-8)16-10(11,12)13/h3-6,14H,2,7H2,1H3. The number of alkyl halides is 3. The topological polar surface area (TPSA) is 30.5 Å². The van der Waals surface area contributed by atoms with Crippen molar-refractivity contribution in [1.82, 2.24) is 5.48 Å². The average Bonchev–Trinajstić information content (AvgIpc) is 2.16. The second-order valence-electron chi connectivity index (χ2n) is 2.95. The third-order valence-electron chi connectivity index (χ3n) is 1.65. The van der Waals surface area contributed by atoms with Gasteiger partial charge in [0.2, 0.25) is 0 Å². The van der Waals surface area contributed by atoms with Gasteiger partial charge in [-0.15, -0.1) is 13.2 Å². The Hall–Kier alpha value is -1.27. The van der Waals surface area contributed by atoms with Crippen molar-refractivity contribution in [1.29, 1.82) is 0 Å². The molecule has 0 amide bonds. The van der Waals surface area contributed by atoms with Gasteiger partial charge < -0.3 is 9.57 Å². The van der Waals surface area contributed by atoms with Crippen LogP contribution in [0, 0.1) is 0 Å². The van der Waals surface area contributed by atoms with Crippen LogP contribution in [0.2, 0.25) is 0 Å². The first-order chi connectivity index (χ1) is 7.51. The fourth-order valence-corrected chi connectivity index (χ4v) is 1.09. The SMILES string of the molecule is CCONCc1cccc(OC(F)(F)F)c1. The Balaban J connectivity index is 2.57. The van der Waals surface area contributed by atoms with Crippen LogP contribution in [0.15, 0.2) is 24.3 Å². The van der Waals surface area contributed by atoms with E-state index < -0.39 is 6.36 Å². The zero-order chi connectivity index (χ0) is 12.0. The molecule has 0 unspecified atom stereocenters. The number of ether oxygens (including phenoxy) is 1. The molecule has 16 heavy (non-hydrogen) atoms. The molecular weight excluding hydrogens is 223 g/mol. The summed E-state index contributed by atoms with van der Waals surface area (Å²) in [7, 11) is 0. The molecule has 6 heteroatoms. The summed E-state index contributed by atoms with van der Waals surface area (Å²) in [5.74, 6) is -0.233. The van der Waals surface area contributed by atoms with Crippen molar-refractivity contribution in [2.24, 2.45) is 0 Å². The molecule has 90 valence electrons. The lowest BCUT2D eigenvalue weighted by Crippen LogP contribution is -2.17. The quantitative estimate of drug-likeness (QED) is 0.628. The first kappa shape index (κ1) is 12.8. The summed E-state index contributed by atoms with van der Waals surface area (Å²) < 4.78 is 39.5. The summed E-state index contributed by atoms with van der Waals surface area (Å²) in [6.45, 7) is 2.61. The molecule has 0 aliphatic rings. The smallest absolute Gasteiger partial charge is 0.406 e. The van der Waals surface area contributed by atoms with Crippen LogP contribution in [0.3, 0.4) is 0 Å². The van der Waals surface area contributed by atoms with E-state index in [1.54, 1.807) is 13.0 Å². The van der Waals surface area contributed by atoms with Crippen LogP contribution in [0.4, 0.5) is 13.2 Å². The second-order valence-corrected chi connectivity index (χ2v) is 2.95. The molecule has 0 fully saturated rings. The van der Waals surface area contributed by atoms with Crippen LogP contribution in [0.1, 0.15) is 12.5 Å². The number of hydrogen-bond acceptors (Lipinski definition) is 3. The minimum atomic E-state index is -4.66. The van der Waals surface area contributed by atoms with E-state index in [-0.39, 0.29) is 5.75 Å². The van der Waals surface area contributed by atoms with Crippen molar-refractivity contribution in [2.75, 3.05) is 6.61 Å². The molecule has 0 aromatic heterocycles. The highest BCUT2D eigenvalue weighted by atomic mass is 19.4. The molecule has 0 aliphatic carbocycles. The number of nitrogens with one attached hydrogen (secondary N) is 1. The molecular formula is C10H12F3NO2. The Morgan fingerprint density at radius 3 is 2.69 bits per heavy atom. The number of hydrogen-bond donors (Lipinski definition) is 1. The van der Waals surface area contributed by atoms with Gasteiger partial charge in [-0.25, -0.2) is 0 Å². The molecule has 0 saturated carbocycles. The zero-order valence-electron chi connectivity index (χ0n) is 8.67.